The lowest BCUT2D eigenvalue weighted by Gasteiger charge is -2.16. The van der Waals surface area contributed by atoms with E-state index in [0.717, 1.165) is 43.0 Å². The van der Waals surface area contributed by atoms with E-state index in [4.69, 9.17) is 10.7 Å². The smallest absolute Gasteiger partial charge is 0.0945 e. The number of benzene rings is 1. The molecule has 4 heteroatoms. The van der Waals surface area contributed by atoms with Crippen molar-refractivity contribution in [1.82, 2.24) is 9.88 Å². The van der Waals surface area contributed by atoms with E-state index in [0.29, 0.717) is 0 Å². The molecule has 1 aromatic heterocycles. The summed E-state index contributed by atoms with van der Waals surface area (Å²) in [5, 5.41) is 3.32. The molecule has 1 heterocycles. The first-order valence-electron chi connectivity index (χ1n) is 6.75. The number of hydrogen-bond donors (Lipinski definition) is 1. The summed E-state index contributed by atoms with van der Waals surface area (Å²) in [6.07, 6.45) is 1.02. The van der Waals surface area contributed by atoms with Gasteiger partial charge in [0.05, 0.1) is 10.7 Å². The maximum absolute atomic E-state index is 5.81. The number of rotatable bonds is 6. The van der Waals surface area contributed by atoms with Gasteiger partial charge in [0.15, 0.2) is 0 Å². The van der Waals surface area contributed by atoms with Gasteiger partial charge in [-0.2, -0.15) is 0 Å². The van der Waals surface area contributed by atoms with Gasteiger partial charge in [-0.3, -0.25) is 0 Å². The second kappa shape index (κ2) is 6.68. The maximum atomic E-state index is 5.81. The Hall–Kier alpha value is -1.39. The molecule has 0 atom stereocenters. The number of aromatic nitrogens is 1. The van der Waals surface area contributed by atoms with Crippen LogP contribution in [0.25, 0.3) is 11.3 Å². The minimum absolute atomic E-state index is 0.787. The molecule has 0 saturated heterocycles. The van der Waals surface area contributed by atoms with Gasteiger partial charge in [0, 0.05) is 29.6 Å². The number of thiazole rings is 1. The van der Waals surface area contributed by atoms with Crippen molar-refractivity contribution >= 4 is 17.0 Å². The topological polar surface area (TPSA) is 42.2 Å². The van der Waals surface area contributed by atoms with Crippen LogP contribution < -0.4 is 5.73 Å². The average molecular weight is 275 g/mol. The molecular formula is C15H21N3S. The molecule has 0 saturated carbocycles. The molecule has 0 radical (unpaired) electrons. The van der Waals surface area contributed by atoms with Gasteiger partial charge in [-0.25, -0.2) is 4.98 Å². The molecule has 0 fully saturated rings. The largest absolute Gasteiger partial charge is 0.399 e. The Bertz CT molecular complexity index is 518. The molecule has 1 aromatic carbocycles. The van der Waals surface area contributed by atoms with Crippen molar-refractivity contribution in [3.8, 4) is 11.3 Å². The molecule has 0 spiro atoms. The predicted molar refractivity (Wildman–Crippen MR) is 83.5 cm³/mol. The lowest BCUT2D eigenvalue weighted by atomic mass is 10.1. The van der Waals surface area contributed by atoms with E-state index in [1.807, 2.05) is 18.2 Å². The van der Waals surface area contributed by atoms with Gasteiger partial charge in [-0.05, 0) is 25.2 Å². The summed E-state index contributed by atoms with van der Waals surface area (Å²) >= 11 is 1.73. The number of nitrogens with two attached hydrogens (primary N) is 1. The highest BCUT2D eigenvalue weighted by molar-refractivity contribution is 7.09. The first kappa shape index (κ1) is 14.0. The Morgan fingerprint density at radius 1 is 1.26 bits per heavy atom. The van der Waals surface area contributed by atoms with Crippen LogP contribution in [0.1, 0.15) is 18.9 Å². The molecule has 2 N–H and O–H groups in total. The summed E-state index contributed by atoms with van der Waals surface area (Å²) in [5.41, 5.74) is 8.73. The highest BCUT2D eigenvalue weighted by Gasteiger charge is 2.06. The maximum Gasteiger partial charge on any atom is 0.0945 e. The first-order chi connectivity index (χ1) is 9.22. The molecule has 3 nitrogen and oxygen atoms in total. The van der Waals surface area contributed by atoms with Crippen molar-refractivity contribution in [2.45, 2.75) is 20.3 Å². The van der Waals surface area contributed by atoms with Crippen molar-refractivity contribution in [2.75, 3.05) is 25.4 Å². The fraction of sp³-hybridized carbons (Fsp3) is 0.400. The average Bonchev–Trinajstić information content (AvgIpc) is 2.89. The van der Waals surface area contributed by atoms with Gasteiger partial charge in [-0.15, -0.1) is 11.3 Å². The van der Waals surface area contributed by atoms with Gasteiger partial charge in [-0.1, -0.05) is 26.0 Å². The molecular weight excluding hydrogens is 254 g/mol. The summed E-state index contributed by atoms with van der Waals surface area (Å²) < 4.78 is 0. The Kier molecular flexibility index (Phi) is 4.93. The molecule has 19 heavy (non-hydrogen) atoms. The molecule has 2 aromatic rings. The Morgan fingerprint density at radius 2 is 2.05 bits per heavy atom. The monoisotopic (exact) mass is 275 g/mol. The Balaban J connectivity index is 2.03. The highest BCUT2D eigenvalue weighted by atomic mass is 32.1. The normalized spacial score (nSPS) is 11.1. The fourth-order valence-corrected chi connectivity index (χ4v) is 2.85. The van der Waals surface area contributed by atoms with Crippen LogP contribution in [-0.4, -0.2) is 29.5 Å². The van der Waals surface area contributed by atoms with Crippen LogP contribution in [0.2, 0.25) is 0 Å². The Labute approximate surface area is 119 Å². The van der Waals surface area contributed by atoms with E-state index in [9.17, 15) is 0 Å². The van der Waals surface area contributed by atoms with Crippen molar-refractivity contribution in [3.63, 3.8) is 0 Å². The number of nitrogens with zero attached hydrogens (tertiary/aromatic N) is 2. The minimum Gasteiger partial charge on any atom is -0.399 e. The summed E-state index contributed by atoms with van der Waals surface area (Å²) in [4.78, 5) is 7.12. The third-order valence-corrected chi connectivity index (χ3v) is 4.18. The van der Waals surface area contributed by atoms with E-state index >= 15 is 0 Å². The van der Waals surface area contributed by atoms with Crippen LogP contribution in [0.4, 0.5) is 5.69 Å². The summed E-state index contributed by atoms with van der Waals surface area (Å²) in [6, 6.07) is 7.90. The van der Waals surface area contributed by atoms with Gasteiger partial charge in [0.25, 0.3) is 0 Å². The van der Waals surface area contributed by atoms with Gasteiger partial charge >= 0.3 is 0 Å². The van der Waals surface area contributed by atoms with Crippen molar-refractivity contribution in [2.24, 2.45) is 0 Å². The van der Waals surface area contributed by atoms with E-state index in [1.54, 1.807) is 11.3 Å². The van der Waals surface area contributed by atoms with Crippen LogP contribution in [0.3, 0.4) is 0 Å². The minimum atomic E-state index is 0.787. The number of nitrogen functional groups attached to an aromatic ring is 1. The first-order valence-corrected chi connectivity index (χ1v) is 7.63. The number of likely N-dealkylation sites (N-methyl/N-ethyl adjacent to an activating group) is 1. The highest BCUT2D eigenvalue weighted by Crippen LogP contribution is 2.23. The molecule has 102 valence electrons. The van der Waals surface area contributed by atoms with Crippen molar-refractivity contribution in [3.05, 3.63) is 34.7 Å². The lowest BCUT2D eigenvalue weighted by molar-refractivity contribution is 0.308. The molecule has 0 unspecified atom stereocenters. The van der Waals surface area contributed by atoms with Gasteiger partial charge < -0.3 is 10.6 Å². The summed E-state index contributed by atoms with van der Waals surface area (Å²) in [5.74, 6) is 0. The standard InChI is InChI=1S/C15H21N3S/c1-3-18(4-2)9-8-15-17-14(11-19-15)12-6-5-7-13(16)10-12/h5-7,10-11H,3-4,8-9,16H2,1-2H3. The lowest BCUT2D eigenvalue weighted by Crippen LogP contribution is -2.25. The van der Waals surface area contributed by atoms with Crippen molar-refractivity contribution in [1.29, 1.82) is 0 Å². The van der Waals surface area contributed by atoms with E-state index in [2.05, 4.69) is 30.2 Å². The van der Waals surface area contributed by atoms with E-state index in [-0.39, 0.29) is 0 Å². The molecule has 0 bridgehead atoms. The molecule has 0 aliphatic rings. The molecule has 0 aliphatic heterocycles. The molecule has 2 rings (SSSR count). The zero-order valence-electron chi connectivity index (χ0n) is 11.6. The number of hydrogen-bond acceptors (Lipinski definition) is 4. The van der Waals surface area contributed by atoms with Crippen LogP contribution >= 0.6 is 11.3 Å². The molecule has 0 aliphatic carbocycles. The fourth-order valence-electron chi connectivity index (χ4n) is 2.05. The quantitative estimate of drug-likeness (QED) is 0.823. The van der Waals surface area contributed by atoms with Crippen molar-refractivity contribution < 1.29 is 0 Å². The number of anilines is 1. The summed E-state index contributed by atoms with van der Waals surface area (Å²) in [6.45, 7) is 7.68. The Morgan fingerprint density at radius 3 is 2.74 bits per heavy atom. The second-order valence-corrected chi connectivity index (χ2v) is 5.47. The predicted octanol–water partition coefficient (Wildman–Crippen LogP) is 3.28. The van der Waals surface area contributed by atoms with E-state index < -0.39 is 0 Å². The third-order valence-electron chi connectivity index (χ3n) is 3.27. The van der Waals surface area contributed by atoms with Crippen LogP contribution in [-0.2, 0) is 6.42 Å². The van der Waals surface area contributed by atoms with Gasteiger partial charge in [0.1, 0.15) is 0 Å². The third kappa shape index (κ3) is 3.78. The zero-order chi connectivity index (χ0) is 13.7. The van der Waals surface area contributed by atoms with Crippen LogP contribution in [0.5, 0.6) is 0 Å². The summed E-state index contributed by atoms with van der Waals surface area (Å²) in [7, 11) is 0. The van der Waals surface area contributed by atoms with Crippen LogP contribution in [0, 0.1) is 0 Å². The SMILES string of the molecule is CCN(CC)CCc1nc(-c2cccc(N)c2)cs1. The van der Waals surface area contributed by atoms with E-state index in [1.165, 1.54) is 5.01 Å². The molecule has 0 amide bonds. The zero-order valence-corrected chi connectivity index (χ0v) is 12.4. The van der Waals surface area contributed by atoms with Crippen LogP contribution in [0.15, 0.2) is 29.6 Å². The van der Waals surface area contributed by atoms with Gasteiger partial charge in [0.2, 0.25) is 0 Å². The second-order valence-electron chi connectivity index (χ2n) is 4.53.